The molecular weight excluding hydrogens is 634 g/mol. The lowest BCUT2D eigenvalue weighted by molar-refractivity contribution is -0.139. The molecule has 42 heavy (non-hydrogen) atoms. The highest BCUT2D eigenvalue weighted by molar-refractivity contribution is 6.51. The van der Waals surface area contributed by atoms with E-state index in [0.29, 0.717) is 17.1 Å². The Hall–Kier alpha value is -3.44. The minimum absolute atomic E-state index is 0.103. The molecule has 0 fully saturated rings. The van der Waals surface area contributed by atoms with E-state index in [1.807, 2.05) is 6.07 Å². The number of ether oxygens (including phenoxy) is 3. The van der Waals surface area contributed by atoms with Crippen molar-refractivity contribution in [2.75, 3.05) is 23.8 Å². The number of carbonyl (C=O) groups is 4. The molecule has 10 nitrogen and oxygen atoms in total. The van der Waals surface area contributed by atoms with Gasteiger partial charge < -0.3 is 19.3 Å². The van der Waals surface area contributed by atoms with Crippen LogP contribution >= 0.6 is 46.4 Å². The molecule has 1 aliphatic carbocycles. The standard InChI is InChI=1S/C16H16N2O4.C12H12Cl4O4/c1-2-21-15(19)18-13-9-6-10-14(11-13)22-16(20)17-12-7-4-3-5-8-12;1-4-20-10(19)6-8(14)7(13)5(9(17)18)11(2,15)12(6,3)16/h3-11H,2H2,1H3,(H,17,20)(H,18,19);4H2,1-3H3,(H,17,18). The number of amides is 2. The Morgan fingerprint density at radius 1 is 0.762 bits per heavy atom. The minimum atomic E-state index is -1.64. The molecule has 0 spiro atoms. The van der Waals surface area contributed by atoms with E-state index < -0.39 is 33.9 Å². The minimum Gasteiger partial charge on any atom is -0.478 e. The summed E-state index contributed by atoms with van der Waals surface area (Å²) in [6.07, 6.45) is -1.17. The van der Waals surface area contributed by atoms with Crippen molar-refractivity contribution >= 4 is 81.9 Å². The van der Waals surface area contributed by atoms with Crippen molar-refractivity contribution in [3.05, 3.63) is 75.8 Å². The lowest BCUT2D eigenvalue weighted by atomic mass is 9.77. The molecule has 2 amide bonds. The summed E-state index contributed by atoms with van der Waals surface area (Å²) in [5.74, 6) is -1.84. The van der Waals surface area contributed by atoms with Gasteiger partial charge in [0, 0.05) is 17.4 Å². The fourth-order valence-corrected chi connectivity index (χ4v) is 4.93. The predicted octanol–water partition coefficient (Wildman–Crippen LogP) is 7.49. The van der Waals surface area contributed by atoms with Crippen molar-refractivity contribution in [2.24, 2.45) is 0 Å². The van der Waals surface area contributed by atoms with E-state index in [9.17, 15) is 24.3 Å². The van der Waals surface area contributed by atoms with Crippen LogP contribution in [0.2, 0.25) is 0 Å². The molecule has 0 aromatic heterocycles. The molecule has 0 saturated carbocycles. The first-order valence-corrected chi connectivity index (χ1v) is 13.8. The Morgan fingerprint density at radius 2 is 1.29 bits per heavy atom. The van der Waals surface area contributed by atoms with Crippen molar-refractivity contribution in [1.82, 2.24) is 0 Å². The average Bonchev–Trinajstić information content (AvgIpc) is 2.89. The van der Waals surface area contributed by atoms with Gasteiger partial charge >= 0.3 is 24.1 Å². The number of benzene rings is 2. The van der Waals surface area contributed by atoms with Gasteiger partial charge in [-0.05, 0) is 52.0 Å². The number of nitrogens with one attached hydrogen (secondary N) is 2. The Labute approximate surface area is 262 Å². The highest BCUT2D eigenvalue weighted by Gasteiger charge is 2.57. The number of esters is 1. The summed E-state index contributed by atoms with van der Waals surface area (Å²) in [5, 5.41) is 13.8. The monoisotopic (exact) mass is 660 g/mol. The molecule has 0 aliphatic heterocycles. The Balaban J connectivity index is 0.000000295. The van der Waals surface area contributed by atoms with Gasteiger partial charge in [0.1, 0.15) is 5.75 Å². The van der Waals surface area contributed by atoms with Gasteiger partial charge in [0.25, 0.3) is 0 Å². The van der Waals surface area contributed by atoms with Gasteiger partial charge in [-0.2, -0.15) is 0 Å². The predicted molar refractivity (Wildman–Crippen MR) is 162 cm³/mol. The van der Waals surface area contributed by atoms with Gasteiger partial charge in [-0.15, -0.1) is 23.2 Å². The van der Waals surface area contributed by atoms with E-state index >= 15 is 0 Å². The number of halogens is 4. The second-order valence-electron chi connectivity index (χ2n) is 8.66. The van der Waals surface area contributed by atoms with Gasteiger partial charge in [-0.1, -0.05) is 47.5 Å². The van der Waals surface area contributed by atoms with Gasteiger partial charge in [-0.25, -0.2) is 19.2 Å². The Bertz CT molecular complexity index is 1390. The molecule has 14 heteroatoms. The van der Waals surface area contributed by atoms with Gasteiger partial charge in [0.15, 0.2) is 0 Å². The fourth-order valence-electron chi connectivity index (χ4n) is 3.57. The second-order valence-corrected chi connectivity index (χ2v) is 10.9. The van der Waals surface area contributed by atoms with Gasteiger partial charge in [0.05, 0.1) is 44.2 Å². The highest BCUT2D eigenvalue weighted by Crippen LogP contribution is 2.54. The van der Waals surface area contributed by atoms with Crippen molar-refractivity contribution in [2.45, 2.75) is 37.4 Å². The van der Waals surface area contributed by atoms with Gasteiger partial charge in [0.2, 0.25) is 0 Å². The molecule has 0 radical (unpaired) electrons. The van der Waals surface area contributed by atoms with E-state index in [-0.39, 0.29) is 34.4 Å². The normalized spacial score (nSPS) is 19.6. The number of anilines is 2. The first-order chi connectivity index (χ1) is 19.7. The molecule has 3 rings (SSSR count). The summed E-state index contributed by atoms with van der Waals surface area (Å²) in [6, 6.07) is 15.4. The topological polar surface area (TPSA) is 140 Å². The van der Waals surface area contributed by atoms with Crippen LogP contribution in [-0.4, -0.2) is 52.2 Å². The third-order valence-electron chi connectivity index (χ3n) is 5.73. The summed E-state index contributed by atoms with van der Waals surface area (Å²) >= 11 is 24.5. The van der Waals surface area contributed by atoms with Crippen LogP contribution in [0.1, 0.15) is 27.7 Å². The molecule has 226 valence electrons. The summed E-state index contributed by atoms with van der Waals surface area (Å²) in [4.78, 5) is 43.2. The zero-order valence-electron chi connectivity index (χ0n) is 22.9. The zero-order chi connectivity index (χ0) is 31.7. The zero-order valence-corrected chi connectivity index (χ0v) is 26.0. The van der Waals surface area contributed by atoms with Crippen LogP contribution in [0.15, 0.2) is 75.8 Å². The number of hydrogen-bond donors (Lipinski definition) is 3. The lowest BCUT2D eigenvalue weighted by Gasteiger charge is -2.42. The highest BCUT2D eigenvalue weighted by atomic mass is 35.5. The second kappa shape index (κ2) is 15.2. The third kappa shape index (κ3) is 8.54. The molecule has 0 saturated heterocycles. The number of carboxylic acid groups (broad SMARTS) is 1. The molecule has 3 N–H and O–H groups in total. The first kappa shape index (κ1) is 34.8. The molecule has 2 aromatic rings. The van der Waals surface area contributed by atoms with Crippen LogP contribution in [0.4, 0.5) is 21.0 Å². The lowest BCUT2D eigenvalue weighted by Crippen LogP contribution is -2.50. The number of rotatable bonds is 7. The van der Waals surface area contributed by atoms with Crippen LogP contribution in [0, 0.1) is 0 Å². The maximum absolute atomic E-state index is 12.0. The fraction of sp³-hybridized carbons (Fsp3) is 0.286. The van der Waals surface area contributed by atoms with Crippen LogP contribution in [0.5, 0.6) is 5.75 Å². The number of carbonyl (C=O) groups excluding carboxylic acids is 3. The van der Waals surface area contributed by atoms with Crippen LogP contribution in [0.25, 0.3) is 0 Å². The number of alkyl halides is 2. The van der Waals surface area contributed by atoms with E-state index in [0.717, 1.165) is 0 Å². The molecular formula is C28H28Cl4N2O8. The van der Waals surface area contributed by atoms with E-state index in [1.165, 1.54) is 19.9 Å². The van der Waals surface area contributed by atoms with Crippen molar-refractivity contribution in [1.29, 1.82) is 0 Å². The van der Waals surface area contributed by atoms with E-state index in [2.05, 4.69) is 10.6 Å². The van der Waals surface area contributed by atoms with Gasteiger partial charge in [-0.3, -0.25) is 10.6 Å². The summed E-state index contributed by atoms with van der Waals surface area (Å²) in [6.45, 7) is 6.46. The number of carboxylic acids is 1. The molecule has 2 aromatic carbocycles. The maximum Gasteiger partial charge on any atom is 0.417 e. The summed E-state index contributed by atoms with van der Waals surface area (Å²) in [5.41, 5.74) is 0.586. The average molecular weight is 662 g/mol. The number of aliphatic carboxylic acids is 1. The largest absolute Gasteiger partial charge is 0.478 e. The molecule has 2 unspecified atom stereocenters. The van der Waals surface area contributed by atoms with Crippen molar-refractivity contribution in [3.8, 4) is 5.75 Å². The number of hydrogen-bond acceptors (Lipinski definition) is 7. The quantitative estimate of drug-likeness (QED) is 0.205. The molecule has 1 aliphatic rings. The maximum atomic E-state index is 12.0. The first-order valence-electron chi connectivity index (χ1n) is 12.3. The Morgan fingerprint density at radius 3 is 1.86 bits per heavy atom. The number of para-hydroxylation sites is 1. The summed E-state index contributed by atoms with van der Waals surface area (Å²) < 4.78 is 14.8. The van der Waals surface area contributed by atoms with Crippen LogP contribution in [-0.2, 0) is 19.1 Å². The summed E-state index contributed by atoms with van der Waals surface area (Å²) in [7, 11) is 0. The SMILES string of the molecule is CCOC(=O)C1=C(Cl)C(Cl)=C(C(=O)O)C(C)(Cl)C1(C)Cl.CCOC(=O)Nc1cccc(OC(=O)Nc2ccccc2)c1. The van der Waals surface area contributed by atoms with Crippen molar-refractivity contribution in [3.63, 3.8) is 0 Å². The molecule has 0 bridgehead atoms. The molecule has 2 atom stereocenters. The molecule has 0 heterocycles. The van der Waals surface area contributed by atoms with E-state index in [4.69, 9.17) is 60.6 Å². The number of allylic oxidation sites excluding steroid dienone is 2. The third-order valence-corrected chi connectivity index (χ3v) is 7.82. The van der Waals surface area contributed by atoms with Crippen LogP contribution in [0.3, 0.4) is 0 Å². The Kier molecular flexibility index (Phi) is 12.5. The van der Waals surface area contributed by atoms with Crippen molar-refractivity contribution < 1.29 is 38.5 Å². The van der Waals surface area contributed by atoms with Crippen LogP contribution < -0.4 is 15.4 Å². The van der Waals surface area contributed by atoms with E-state index in [1.54, 1.807) is 56.3 Å². The smallest absolute Gasteiger partial charge is 0.417 e.